The molecule has 1 aromatic heterocycles. The number of carbonyl (C=O) groups is 1. The molecule has 32 heavy (non-hydrogen) atoms. The maximum Gasteiger partial charge on any atom is 0.349 e. The van der Waals surface area contributed by atoms with Crippen LogP contribution in [0.25, 0.3) is 11.0 Å². The van der Waals surface area contributed by atoms with Crippen LogP contribution in [0.4, 0.5) is 4.39 Å². The van der Waals surface area contributed by atoms with E-state index in [0.717, 1.165) is 12.1 Å². The Morgan fingerprint density at radius 3 is 2.53 bits per heavy atom. The first kappa shape index (κ1) is 22.0. The molecule has 0 N–H and O–H groups in total. The maximum atomic E-state index is 13.2. The number of amides is 1. The standard InChI is InChI=1S/C22H21FN2O6S/c1-30-19-5-2-4-15-14-18(22(27)31-20(15)19)21(26)24-10-3-11-25(13-12-24)32(28,29)17-8-6-16(23)7-9-17/h2,4-9,14H,3,10-13H2,1H3. The average Bonchev–Trinajstić information content (AvgIpc) is 3.05. The predicted molar refractivity (Wildman–Crippen MR) is 115 cm³/mol. The SMILES string of the molecule is COc1cccc2cc(C(=O)N3CCCN(S(=O)(=O)c4ccc(F)cc4)CC3)c(=O)oc12. The van der Waals surface area contributed by atoms with Crippen LogP contribution in [0.3, 0.4) is 0 Å². The van der Waals surface area contributed by atoms with Crippen molar-refractivity contribution in [1.29, 1.82) is 0 Å². The Labute approximate surface area is 183 Å². The highest BCUT2D eigenvalue weighted by molar-refractivity contribution is 7.89. The van der Waals surface area contributed by atoms with Gasteiger partial charge in [-0.3, -0.25) is 4.79 Å². The van der Waals surface area contributed by atoms with E-state index in [9.17, 15) is 22.4 Å². The van der Waals surface area contributed by atoms with Crippen molar-refractivity contribution in [2.24, 2.45) is 0 Å². The lowest BCUT2D eigenvalue weighted by atomic mass is 10.1. The van der Waals surface area contributed by atoms with Gasteiger partial charge in [0.05, 0.1) is 12.0 Å². The lowest BCUT2D eigenvalue weighted by molar-refractivity contribution is 0.0760. The fraction of sp³-hybridized carbons (Fsp3) is 0.273. The van der Waals surface area contributed by atoms with Crippen molar-refractivity contribution >= 4 is 26.9 Å². The van der Waals surface area contributed by atoms with Crippen molar-refractivity contribution < 1.29 is 26.8 Å². The molecule has 0 spiro atoms. The number of fused-ring (bicyclic) bond motifs is 1. The second-order valence-electron chi connectivity index (χ2n) is 7.33. The van der Waals surface area contributed by atoms with Gasteiger partial charge >= 0.3 is 5.63 Å². The normalized spacial score (nSPS) is 15.5. The van der Waals surface area contributed by atoms with E-state index in [4.69, 9.17) is 9.15 Å². The summed E-state index contributed by atoms with van der Waals surface area (Å²) in [4.78, 5) is 27.0. The highest BCUT2D eigenvalue weighted by Crippen LogP contribution is 2.25. The number of halogens is 1. The van der Waals surface area contributed by atoms with Gasteiger partial charge in [-0.2, -0.15) is 4.31 Å². The topological polar surface area (TPSA) is 97.1 Å². The molecular weight excluding hydrogens is 439 g/mol. The Balaban J connectivity index is 1.56. The Morgan fingerprint density at radius 2 is 1.81 bits per heavy atom. The van der Waals surface area contributed by atoms with E-state index >= 15 is 0 Å². The lowest BCUT2D eigenvalue weighted by Gasteiger charge is -2.22. The smallest absolute Gasteiger partial charge is 0.349 e. The van der Waals surface area contributed by atoms with E-state index in [0.29, 0.717) is 17.6 Å². The second kappa shape index (κ2) is 8.71. The van der Waals surface area contributed by atoms with Crippen molar-refractivity contribution in [3.05, 3.63) is 70.3 Å². The molecule has 3 aromatic rings. The molecule has 0 atom stereocenters. The first-order valence-electron chi connectivity index (χ1n) is 9.97. The van der Waals surface area contributed by atoms with Crippen LogP contribution in [0.2, 0.25) is 0 Å². The van der Waals surface area contributed by atoms with Gasteiger partial charge in [0.15, 0.2) is 11.3 Å². The first-order chi connectivity index (χ1) is 15.3. The molecule has 0 unspecified atom stereocenters. The number of hydrogen-bond donors (Lipinski definition) is 0. The lowest BCUT2D eigenvalue weighted by Crippen LogP contribution is -2.38. The summed E-state index contributed by atoms with van der Waals surface area (Å²) in [6.45, 7) is 0.643. The monoisotopic (exact) mass is 460 g/mol. The van der Waals surface area contributed by atoms with Gasteiger partial charge in [-0.05, 0) is 42.8 Å². The fourth-order valence-corrected chi connectivity index (χ4v) is 5.16. The number of methoxy groups -OCH3 is 1. The third-order valence-electron chi connectivity index (χ3n) is 5.37. The number of para-hydroxylation sites is 1. The highest BCUT2D eigenvalue weighted by atomic mass is 32.2. The quantitative estimate of drug-likeness (QED) is 0.555. The van der Waals surface area contributed by atoms with Crippen LogP contribution in [0.15, 0.2) is 62.6 Å². The second-order valence-corrected chi connectivity index (χ2v) is 9.27. The molecule has 1 fully saturated rings. The van der Waals surface area contributed by atoms with Crippen LogP contribution in [-0.2, 0) is 10.0 Å². The Hall–Kier alpha value is -3.24. The summed E-state index contributed by atoms with van der Waals surface area (Å²) >= 11 is 0. The van der Waals surface area contributed by atoms with Crippen LogP contribution in [-0.4, -0.2) is 56.8 Å². The summed E-state index contributed by atoms with van der Waals surface area (Å²) < 4.78 is 50.7. The van der Waals surface area contributed by atoms with E-state index < -0.39 is 27.4 Å². The molecule has 168 valence electrons. The molecule has 4 rings (SSSR count). The van der Waals surface area contributed by atoms with E-state index in [1.165, 1.54) is 34.5 Å². The molecule has 1 aliphatic rings. The van der Waals surface area contributed by atoms with Gasteiger partial charge < -0.3 is 14.1 Å². The molecule has 2 aromatic carbocycles. The number of rotatable bonds is 4. The molecule has 0 aliphatic carbocycles. The van der Waals surface area contributed by atoms with Gasteiger partial charge in [0.2, 0.25) is 10.0 Å². The molecule has 1 aliphatic heterocycles. The minimum absolute atomic E-state index is 0.0113. The third-order valence-corrected chi connectivity index (χ3v) is 7.28. The fourth-order valence-electron chi connectivity index (χ4n) is 3.69. The van der Waals surface area contributed by atoms with Crippen LogP contribution in [0.5, 0.6) is 5.75 Å². The first-order valence-corrected chi connectivity index (χ1v) is 11.4. The molecule has 0 radical (unpaired) electrons. The number of hydrogen-bond acceptors (Lipinski definition) is 6. The number of carbonyl (C=O) groups excluding carboxylic acids is 1. The van der Waals surface area contributed by atoms with Gasteiger partial charge in [0.1, 0.15) is 11.4 Å². The highest BCUT2D eigenvalue weighted by Gasteiger charge is 2.29. The van der Waals surface area contributed by atoms with Gasteiger partial charge in [-0.25, -0.2) is 17.6 Å². The van der Waals surface area contributed by atoms with E-state index in [-0.39, 0.29) is 42.2 Å². The zero-order chi connectivity index (χ0) is 22.9. The molecule has 10 heteroatoms. The Bertz CT molecular complexity index is 1320. The summed E-state index contributed by atoms with van der Waals surface area (Å²) in [5.41, 5.74) is -0.656. The number of sulfonamides is 1. The zero-order valence-electron chi connectivity index (χ0n) is 17.3. The molecule has 2 heterocycles. The van der Waals surface area contributed by atoms with E-state index in [1.807, 2.05) is 0 Å². The van der Waals surface area contributed by atoms with Crippen LogP contribution < -0.4 is 10.4 Å². The minimum atomic E-state index is -3.83. The van der Waals surface area contributed by atoms with Gasteiger partial charge in [0, 0.05) is 31.6 Å². The average molecular weight is 460 g/mol. The summed E-state index contributed by atoms with van der Waals surface area (Å²) in [6.07, 6.45) is 0.388. The molecule has 0 bridgehead atoms. The zero-order valence-corrected chi connectivity index (χ0v) is 18.1. The van der Waals surface area contributed by atoms with E-state index in [2.05, 4.69) is 0 Å². The van der Waals surface area contributed by atoms with Crippen molar-refractivity contribution in [2.45, 2.75) is 11.3 Å². The number of nitrogens with zero attached hydrogens (tertiary/aromatic N) is 2. The number of ether oxygens (including phenoxy) is 1. The van der Waals surface area contributed by atoms with Crippen molar-refractivity contribution in [1.82, 2.24) is 9.21 Å². The summed E-state index contributed by atoms with van der Waals surface area (Å²) in [5, 5.41) is 0.544. The molecule has 0 saturated carbocycles. The summed E-state index contributed by atoms with van der Waals surface area (Å²) in [6, 6.07) is 11.2. The van der Waals surface area contributed by atoms with Crippen molar-refractivity contribution in [3.63, 3.8) is 0 Å². The molecule has 1 amide bonds. The van der Waals surface area contributed by atoms with Crippen LogP contribution in [0, 0.1) is 5.82 Å². The Morgan fingerprint density at radius 1 is 1.06 bits per heavy atom. The summed E-state index contributed by atoms with van der Waals surface area (Å²) in [5.74, 6) is -0.664. The van der Waals surface area contributed by atoms with Gasteiger partial charge in [-0.15, -0.1) is 0 Å². The van der Waals surface area contributed by atoms with Gasteiger partial charge in [0.25, 0.3) is 5.91 Å². The molecule has 1 saturated heterocycles. The number of benzene rings is 2. The minimum Gasteiger partial charge on any atom is -0.493 e. The molecule has 8 nitrogen and oxygen atoms in total. The largest absolute Gasteiger partial charge is 0.493 e. The predicted octanol–water partition coefficient (Wildman–Crippen LogP) is 2.48. The summed E-state index contributed by atoms with van der Waals surface area (Å²) in [7, 11) is -2.37. The van der Waals surface area contributed by atoms with Crippen molar-refractivity contribution in [2.75, 3.05) is 33.3 Å². The third kappa shape index (κ3) is 4.11. The maximum absolute atomic E-state index is 13.2. The Kier molecular flexibility index (Phi) is 5.98. The van der Waals surface area contributed by atoms with Gasteiger partial charge in [-0.1, -0.05) is 12.1 Å². The van der Waals surface area contributed by atoms with Crippen LogP contribution >= 0.6 is 0 Å². The van der Waals surface area contributed by atoms with Crippen molar-refractivity contribution in [3.8, 4) is 5.75 Å². The molecular formula is C22H21FN2O6S. The van der Waals surface area contributed by atoms with E-state index in [1.54, 1.807) is 18.2 Å². The van der Waals surface area contributed by atoms with Crippen LogP contribution in [0.1, 0.15) is 16.8 Å².